The van der Waals surface area contributed by atoms with Crippen molar-refractivity contribution in [3.63, 3.8) is 0 Å². The van der Waals surface area contributed by atoms with Crippen molar-refractivity contribution in [2.24, 2.45) is 0 Å². The molecule has 0 atom stereocenters. The number of rotatable bonds is 1. The average Bonchev–Trinajstić information content (AvgIpc) is 2.14. The molecule has 3 heteroatoms. The van der Waals surface area contributed by atoms with E-state index in [4.69, 9.17) is 4.42 Å². The fourth-order valence-electron chi connectivity index (χ4n) is 0.403. The van der Waals surface area contributed by atoms with E-state index in [2.05, 4.69) is 31.9 Å². The second-order valence-electron chi connectivity index (χ2n) is 1.38. The Kier molecular flexibility index (Phi) is 2.14. The summed E-state index contributed by atoms with van der Waals surface area (Å²) in [4.78, 5) is 0. The molecule has 0 bridgehead atoms. The van der Waals surface area contributed by atoms with Crippen molar-refractivity contribution in [1.82, 2.24) is 0 Å². The van der Waals surface area contributed by atoms with Crippen molar-refractivity contribution in [1.29, 1.82) is 0 Å². The molecule has 44 valence electrons. The summed E-state index contributed by atoms with van der Waals surface area (Å²) in [6.45, 7) is 0. The molecule has 0 saturated heterocycles. The SMILES string of the molecule is BrCc1cocc1Br. The van der Waals surface area contributed by atoms with Gasteiger partial charge < -0.3 is 4.42 Å². The van der Waals surface area contributed by atoms with Gasteiger partial charge in [-0.2, -0.15) is 0 Å². The van der Waals surface area contributed by atoms with E-state index in [0.29, 0.717) is 0 Å². The third-order valence-electron chi connectivity index (χ3n) is 0.833. The van der Waals surface area contributed by atoms with Crippen LogP contribution in [0.15, 0.2) is 21.4 Å². The summed E-state index contributed by atoms with van der Waals surface area (Å²) < 4.78 is 5.88. The number of hydrogen-bond acceptors (Lipinski definition) is 1. The zero-order valence-corrected chi connectivity index (χ0v) is 7.20. The minimum Gasteiger partial charge on any atom is -0.471 e. The number of halogens is 2. The number of furan rings is 1. The van der Waals surface area contributed by atoms with Gasteiger partial charge in [0.15, 0.2) is 0 Å². The van der Waals surface area contributed by atoms with Crippen LogP contribution in [0.1, 0.15) is 5.56 Å². The zero-order valence-electron chi connectivity index (χ0n) is 4.03. The van der Waals surface area contributed by atoms with Gasteiger partial charge in [0.2, 0.25) is 0 Å². The van der Waals surface area contributed by atoms with Crippen molar-refractivity contribution in [2.75, 3.05) is 0 Å². The first-order valence-electron chi connectivity index (χ1n) is 2.11. The first-order valence-corrected chi connectivity index (χ1v) is 4.02. The maximum absolute atomic E-state index is 4.86. The monoisotopic (exact) mass is 238 g/mol. The highest BCUT2D eigenvalue weighted by Crippen LogP contribution is 2.19. The maximum Gasteiger partial charge on any atom is 0.105 e. The summed E-state index contributed by atoms with van der Waals surface area (Å²) in [5.74, 6) is 0. The average molecular weight is 240 g/mol. The first-order chi connectivity index (χ1) is 3.84. The van der Waals surface area contributed by atoms with Crippen LogP contribution >= 0.6 is 31.9 Å². The Balaban J connectivity index is 2.92. The molecule has 0 aromatic carbocycles. The minimum absolute atomic E-state index is 0.837. The van der Waals surface area contributed by atoms with Crippen LogP contribution in [0.5, 0.6) is 0 Å². The predicted octanol–water partition coefficient (Wildman–Crippen LogP) is 2.94. The summed E-state index contributed by atoms with van der Waals surface area (Å²) in [6, 6.07) is 0. The van der Waals surface area contributed by atoms with Crippen LogP contribution in [0, 0.1) is 0 Å². The molecule has 1 nitrogen and oxygen atoms in total. The molecule has 0 fully saturated rings. The Morgan fingerprint density at radius 3 is 2.50 bits per heavy atom. The maximum atomic E-state index is 4.86. The lowest BCUT2D eigenvalue weighted by molar-refractivity contribution is 0.564. The van der Waals surface area contributed by atoms with E-state index >= 15 is 0 Å². The lowest BCUT2D eigenvalue weighted by atomic mass is 10.4. The van der Waals surface area contributed by atoms with Gasteiger partial charge in [-0.05, 0) is 15.9 Å². The van der Waals surface area contributed by atoms with E-state index in [1.165, 1.54) is 0 Å². The van der Waals surface area contributed by atoms with Gasteiger partial charge in [-0.1, -0.05) is 15.9 Å². The molecule has 1 aromatic heterocycles. The third-order valence-corrected chi connectivity index (χ3v) is 2.13. The highest BCUT2D eigenvalue weighted by Gasteiger charge is 1.96. The highest BCUT2D eigenvalue weighted by atomic mass is 79.9. The second kappa shape index (κ2) is 2.69. The molecule has 1 heterocycles. The van der Waals surface area contributed by atoms with Crippen LogP contribution in [-0.2, 0) is 5.33 Å². The summed E-state index contributed by atoms with van der Waals surface area (Å²) in [5.41, 5.74) is 1.14. The quantitative estimate of drug-likeness (QED) is 0.687. The lowest BCUT2D eigenvalue weighted by Gasteiger charge is -1.82. The summed E-state index contributed by atoms with van der Waals surface area (Å²) >= 11 is 6.60. The van der Waals surface area contributed by atoms with Crippen LogP contribution in [0.3, 0.4) is 0 Å². The molecule has 1 rings (SSSR count). The third kappa shape index (κ3) is 1.14. The molecule has 0 aliphatic carbocycles. The lowest BCUT2D eigenvalue weighted by Crippen LogP contribution is -1.67. The van der Waals surface area contributed by atoms with E-state index in [-0.39, 0.29) is 0 Å². The van der Waals surface area contributed by atoms with Crippen molar-refractivity contribution < 1.29 is 4.42 Å². The van der Waals surface area contributed by atoms with Crippen LogP contribution in [-0.4, -0.2) is 0 Å². The summed E-state index contributed by atoms with van der Waals surface area (Å²) in [5, 5.41) is 0.837. The fourth-order valence-corrected chi connectivity index (χ4v) is 1.56. The van der Waals surface area contributed by atoms with Crippen LogP contribution in [0.25, 0.3) is 0 Å². The van der Waals surface area contributed by atoms with Crippen molar-refractivity contribution in [3.05, 3.63) is 22.6 Å². The Bertz CT molecular complexity index is 171. The van der Waals surface area contributed by atoms with Gasteiger partial charge in [0.25, 0.3) is 0 Å². The zero-order chi connectivity index (χ0) is 5.98. The molecular weight excluding hydrogens is 236 g/mol. The fraction of sp³-hybridized carbons (Fsp3) is 0.200. The largest absolute Gasteiger partial charge is 0.471 e. The molecule has 0 unspecified atom stereocenters. The molecule has 0 saturated carbocycles. The molecule has 0 aliphatic rings. The van der Waals surface area contributed by atoms with Gasteiger partial charge in [0.1, 0.15) is 6.26 Å². The molecule has 1 aromatic rings. The van der Waals surface area contributed by atoms with Gasteiger partial charge in [-0.3, -0.25) is 0 Å². The topological polar surface area (TPSA) is 13.1 Å². The van der Waals surface area contributed by atoms with Gasteiger partial charge >= 0.3 is 0 Å². The molecule has 0 spiro atoms. The van der Waals surface area contributed by atoms with Crippen molar-refractivity contribution >= 4 is 31.9 Å². The van der Waals surface area contributed by atoms with Crippen molar-refractivity contribution in [2.45, 2.75) is 5.33 Å². The Morgan fingerprint density at radius 2 is 2.25 bits per heavy atom. The number of hydrogen-bond donors (Lipinski definition) is 0. The Hall–Kier alpha value is 0.240. The molecule has 0 aliphatic heterocycles. The molecule has 0 N–H and O–H groups in total. The van der Waals surface area contributed by atoms with Gasteiger partial charge in [0.05, 0.1) is 10.7 Å². The number of alkyl halides is 1. The smallest absolute Gasteiger partial charge is 0.105 e. The van der Waals surface area contributed by atoms with E-state index in [0.717, 1.165) is 15.4 Å². The first kappa shape index (κ1) is 6.36. The highest BCUT2D eigenvalue weighted by molar-refractivity contribution is 9.10. The van der Waals surface area contributed by atoms with Crippen LogP contribution in [0.2, 0.25) is 0 Å². The van der Waals surface area contributed by atoms with Crippen molar-refractivity contribution in [3.8, 4) is 0 Å². The molecular formula is C5H4Br2O. The Labute approximate surface area is 64.3 Å². The van der Waals surface area contributed by atoms with E-state index in [9.17, 15) is 0 Å². The normalized spacial score (nSPS) is 9.75. The van der Waals surface area contributed by atoms with E-state index < -0.39 is 0 Å². The standard InChI is InChI=1S/C5H4Br2O/c6-1-4-2-8-3-5(4)7/h2-3H,1H2. The van der Waals surface area contributed by atoms with Crippen LogP contribution in [0.4, 0.5) is 0 Å². The summed E-state index contributed by atoms with van der Waals surface area (Å²) in [7, 11) is 0. The van der Waals surface area contributed by atoms with Gasteiger partial charge in [-0.15, -0.1) is 0 Å². The van der Waals surface area contributed by atoms with E-state index in [1.807, 2.05) is 0 Å². The minimum atomic E-state index is 0.837. The summed E-state index contributed by atoms with van der Waals surface area (Å²) in [6.07, 6.45) is 3.37. The molecule has 0 radical (unpaired) electrons. The predicted molar refractivity (Wildman–Crippen MR) is 39.0 cm³/mol. The van der Waals surface area contributed by atoms with Gasteiger partial charge in [-0.25, -0.2) is 0 Å². The second-order valence-corrected chi connectivity index (χ2v) is 2.79. The van der Waals surface area contributed by atoms with E-state index in [1.54, 1.807) is 12.5 Å². The van der Waals surface area contributed by atoms with Gasteiger partial charge in [0, 0.05) is 10.9 Å². The molecule has 0 amide bonds. The molecule has 8 heavy (non-hydrogen) atoms. The Morgan fingerprint density at radius 1 is 1.50 bits per heavy atom. The van der Waals surface area contributed by atoms with Crippen LogP contribution < -0.4 is 0 Å².